The molecule has 0 radical (unpaired) electrons. The molecule has 8 heteroatoms. The van der Waals surface area contributed by atoms with Gasteiger partial charge in [-0.25, -0.2) is 17.2 Å². The summed E-state index contributed by atoms with van der Waals surface area (Å²) >= 11 is 0. The standard InChI is InChI=1S/C23H20F2O5S/c1-31(27,28)20-4-2-15(3-5-20)21-11-23-22(29-13-19(12-26)30-23)9-16(21)6-14-7-17(24)10-18(25)8-14/h2-5,7-11,19,26H,6,12-13H2,1H3. The lowest BCUT2D eigenvalue weighted by atomic mass is 9.94. The van der Waals surface area contributed by atoms with Crippen molar-refractivity contribution < 1.29 is 31.8 Å². The highest BCUT2D eigenvalue weighted by Gasteiger charge is 2.23. The predicted molar refractivity (Wildman–Crippen MR) is 111 cm³/mol. The van der Waals surface area contributed by atoms with E-state index in [2.05, 4.69) is 0 Å². The van der Waals surface area contributed by atoms with E-state index in [1.807, 2.05) is 0 Å². The van der Waals surface area contributed by atoms with Gasteiger partial charge in [-0.3, -0.25) is 0 Å². The summed E-state index contributed by atoms with van der Waals surface area (Å²) in [6, 6.07) is 13.2. The first-order chi connectivity index (χ1) is 14.7. The van der Waals surface area contributed by atoms with Gasteiger partial charge in [0.25, 0.3) is 0 Å². The molecule has 3 aromatic rings. The summed E-state index contributed by atoms with van der Waals surface area (Å²) in [6.07, 6.45) is 0.847. The minimum absolute atomic E-state index is 0.180. The van der Waals surface area contributed by atoms with Crippen LogP contribution in [0.25, 0.3) is 11.1 Å². The number of fused-ring (bicyclic) bond motifs is 1. The normalized spacial score (nSPS) is 15.7. The van der Waals surface area contributed by atoms with E-state index in [4.69, 9.17) is 9.47 Å². The lowest BCUT2D eigenvalue weighted by Gasteiger charge is -2.27. The Labute approximate surface area is 178 Å². The topological polar surface area (TPSA) is 72.8 Å². The van der Waals surface area contributed by atoms with Crippen molar-refractivity contribution in [2.24, 2.45) is 0 Å². The van der Waals surface area contributed by atoms with Crippen molar-refractivity contribution in [1.82, 2.24) is 0 Å². The van der Waals surface area contributed by atoms with Crippen molar-refractivity contribution in [3.05, 3.63) is 77.4 Å². The molecule has 0 aromatic heterocycles. The monoisotopic (exact) mass is 446 g/mol. The first-order valence-corrected chi connectivity index (χ1v) is 11.4. The van der Waals surface area contributed by atoms with Crippen molar-refractivity contribution in [3.63, 3.8) is 0 Å². The molecule has 1 heterocycles. The largest absolute Gasteiger partial charge is 0.486 e. The molecule has 162 valence electrons. The number of aliphatic hydroxyl groups is 1. The van der Waals surface area contributed by atoms with Gasteiger partial charge in [-0.2, -0.15) is 0 Å². The van der Waals surface area contributed by atoms with Crippen LogP contribution in [0.15, 0.2) is 59.5 Å². The van der Waals surface area contributed by atoms with Crippen molar-refractivity contribution in [1.29, 1.82) is 0 Å². The van der Waals surface area contributed by atoms with Gasteiger partial charge in [0.2, 0.25) is 0 Å². The van der Waals surface area contributed by atoms with Gasteiger partial charge in [0.1, 0.15) is 18.2 Å². The maximum Gasteiger partial charge on any atom is 0.175 e. The Bertz CT molecular complexity index is 1200. The van der Waals surface area contributed by atoms with Crippen LogP contribution in [0, 0.1) is 11.6 Å². The van der Waals surface area contributed by atoms with Gasteiger partial charge in [0.05, 0.1) is 11.5 Å². The van der Waals surface area contributed by atoms with Crippen LogP contribution in [0.2, 0.25) is 0 Å². The molecular weight excluding hydrogens is 426 g/mol. The van der Waals surface area contributed by atoms with E-state index in [1.165, 1.54) is 24.3 Å². The quantitative estimate of drug-likeness (QED) is 0.646. The molecule has 0 bridgehead atoms. The highest BCUT2D eigenvalue weighted by Crippen LogP contribution is 2.39. The summed E-state index contributed by atoms with van der Waals surface area (Å²) in [4.78, 5) is 0.183. The van der Waals surface area contributed by atoms with Crippen molar-refractivity contribution in [3.8, 4) is 22.6 Å². The smallest absolute Gasteiger partial charge is 0.175 e. The third-order valence-corrected chi connectivity index (χ3v) is 6.13. The van der Waals surface area contributed by atoms with Gasteiger partial charge >= 0.3 is 0 Å². The minimum Gasteiger partial charge on any atom is -0.486 e. The summed E-state index contributed by atoms with van der Waals surface area (Å²) < 4.78 is 62.4. The second kappa shape index (κ2) is 8.28. The molecule has 1 aliphatic rings. The molecule has 0 spiro atoms. The van der Waals surface area contributed by atoms with Crippen LogP contribution in [0.1, 0.15) is 11.1 Å². The molecular formula is C23H20F2O5S. The summed E-state index contributed by atoms with van der Waals surface area (Å²) in [6.45, 7) is -0.0257. The van der Waals surface area contributed by atoms with Crippen LogP contribution in [-0.2, 0) is 16.3 Å². The molecule has 4 rings (SSSR count). The Balaban J connectivity index is 1.81. The number of rotatable bonds is 5. The van der Waals surface area contributed by atoms with Gasteiger partial charge in [0, 0.05) is 12.3 Å². The van der Waals surface area contributed by atoms with Gasteiger partial charge in [0.15, 0.2) is 27.4 Å². The Morgan fingerprint density at radius 1 is 1.00 bits per heavy atom. The molecule has 0 amide bonds. The van der Waals surface area contributed by atoms with Crippen LogP contribution in [0.3, 0.4) is 0 Å². The molecule has 0 saturated carbocycles. The molecule has 1 N–H and O–H groups in total. The number of hydrogen-bond acceptors (Lipinski definition) is 5. The molecule has 5 nitrogen and oxygen atoms in total. The second-order valence-corrected chi connectivity index (χ2v) is 9.46. The summed E-state index contributed by atoms with van der Waals surface area (Å²) in [5.41, 5.74) is 2.57. The highest BCUT2D eigenvalue weighted by molar-refractivity contribution is 7.90. The molecule has 1 aliphatic heterocycles. The Hall–Kier alpha value is -2.97. The maximum absolute atomic E-state index is 13.7. The number of benzene rings is 3. The first-order valence-electron chi connectivity index (χ1n) is 9.55. The molecule has 3 aromatic carbocycles. The molecule has 0 aliphatic carbocycles. The zero-order chi connectivity index (χ0) is 22.2. The van der Waals surface area contributed by atoms with Crippen molar-refractivity contribution in [2.75, 3.05) is 19.5 Å². The number of sulfone groups is 1. The number of hydrogen-bond donors (Lipinski definition) is 1. The number of aliphatic hydroxyl groups excluding tert-OH is 1. The van der Waals surface area contributed by atoms with E-state index in [9.17, 15) is 22.3 Å². The zero-order valence-electron chi connectivity index (χ0n) is 16.6. The molecule has 0 saturated heterocycles. The lowest BCUT2D eigenvalue weighted by molar-refractivity contribution is 0.0456. The fourth-order valence-corrected chi connectivity index (χ4v) is 4.15. The van der Waals surface area contributed by atoms with Crippen molar-refractivity contribution in [2.45, 2.75) is 17.4 Å². The van der Waals surface area contributed by atoms with E-state index in [-0.39, 0.29) is 24.5 Å². The van der Waals surface area contributed by atoms with E-state index in [0.29, 0.717) is 28.2 Å². The van der Waals surface area contributed by atoms with Crippen LogP contribution in [0.4, 0.5) is 8.78 Å². The first kappa shape index (κ1) is 21.3. The van der Waals surface area contributed by atoms with E-state index < -0.39 is 27.6 Å². The maximum atomic E-state index is 13.7. The van der Waals surface area contributed by atoms with Crippen LogP contribution < -0.4 is 9.47 Å². The van der Waals surface area contributed by atoms with Gasteiger partial charge < -0.3 is 14.6 Å². The average molecular weight is 446 g/mol. The second-order valence-electron chi connectivity index (χ2n) is 7.44. The van der Waals surface area contributed by atoms with Gasteiger partial charge in [-0.15, -0.1) is 0 Å². The fraction of sp³-hybridized carbons (Fsp3) is 0.217. The fourth-order valence-electron chi connectivity index (χ4n) is 3.52. The third-order valence-electron chi connectivity index (χ3n) is 5.00. The Morgan fingerprint density at radius 3 is 2.29 bits per heavy atom. The Kier molecular flexibility index (Phi) is 5.68. The molecule has 1 atom stereocenters. The third kappa shape index (κ3) is 4.70. The highest BCUT2D eigenvalue weighted by atomic mass is 32.2. The number of halogens is 2. The summed E-state index contributed by atoms with van der Waals surface area (Å²) in [7, 11) is -3.35. The van der Waals surface area contributed by atoms with E-state index >= 15 is 0 Å². The summed E-state index contributed by atoms with van der Waals surface area (Å²) in [5.74, 6) is -0.440. The summed E-state index contributed by atoms with van der Waals surface area (Å²) in [5, 5.41) is 9.38. The van der Waals surface area contributed by atoms with Gasteiger partial charge in [-0.05, 0) is 65.1 Å². The predicted octanol–water partition coefficient (Wildman–Crippen LogP) is 3.76. The van der Waals surface area contributed by atoms with Gasteiger partial charge in [-0.1, -0.05) is 12.1 Å². The number of ether oxygens (including phenoxy) is 2. The Morgan fingerprint density at radius 2 is 1.68 bits per heavy atom. The van der Waals surface area contributed by atoms with E-state index in [1.54, 1.807) is 24.3 Å². The van der Waals surface area contributed by atoms with Crippen molar-refractivity contribution >= 4 is 9.84 Å². The van der Waals surface area contributed by atoms with E-state index in [0.717, 1.165) is 17.9 Å². The SMILES string of the molecule is CS(=O)(=O)c1ccc(-c2cc3c(cc2Cc2cc(F)cc(F)c2)OCC(CO)O3)cc1. The van der Waals surface area contributed by atoms with Crippen LogP contribution >= 0.6 is 0 Å². The molecule has 1 unspecified atom stereocenters. The minimum atomic E-state index is -3.35. The van der Waals surface area contributed by atoms with Crippen LogP contribution in [0.5, 0.6) is 11.5 Å². The molecule has 31 heavy (non-hydrogen) atoms. The molecule has 0 fully saturated rings. The van der Waals surface area contributed by atoms with Crippen LogP contribution in [-0.4, -0.2) is 39.1 Å². The zero-order valence-corrected chi connectivity index (χ0v) is 17.5. The lowest BCUT2D eigenvalue weighted by Crippen LogP contribution is -2.32. The average Bonchev–Trinajstić information content (AvgIpc) is 2.71.